The number of hydrogen-bond acceptors (Lipinski definition) is 5. The summed E-state index contributed by atoms with van der Waals surface area (Å²) in [4.78, 5) is 6.90. The van der Waals surface area contributed by atoms with Crippen molar-refractivity contribution in [2.75, 3.05) is 39.9 Å². The minimum atomic E-state index is -2.91. The molecular weight excluding hydrogens is 535 g/mol. The zero-order chi connectivity index (χ0) is 22.2. The quantitative estimate of drug-likeness (QED) is 0.301. The number of nitrogens with zero attached hydrogens (tertiary/aromatic N) is 4. The molecular formula is C21H30F2IN5O3. The Labute approximate surface area is 203 Å². The Hall–Kier alpha value is -2.15. The maximum absolute atomic E-state index is 12.6. The smallest absolute Gasteiger partial charge is 0.387 e. The Morgan fingerprint density at radius 3 is 2.84 bits per heavy atom. The van der Waals surface area contributed by atoms with Gasteiger partial charge in [0.1, 0.15) is 6.10 Å². The number of alkyl halides is 2. The number of morpholine rings is 1. The monoisotopic (exact) mass is 565 g/mol. The van der Waals surface area contributed by atoms with Crippen molar-refractivity contribution in [1.82, 2.24) is 20.0 Å². The van der Waals surface area contributed by atoms with Crippen LogP contribution < -0.4 is 14.8 Å². The van der Waals surface area contributed by atoms with Gasteiger partial charge in [0, 0.05) is 38.4 Å². The number of nitrogens with one attached hydrogen (secondary N) is 1. The molecule has 1 atom stereocenters. The van der Waals surface area contributed by atoms with Crippen molar-refractivity contribution in [3.8, 4) is 11.5 Å². The molecule has 1 aromatic carbocycles. The third-order valence-electron chi connectivity index (χ3n) is 4.90. The highest BCUT2D eigenvalue weighted by Crippen LogP contribution is 2.29. The van der Waals surface area contributed by atoms with Gasteiger partial charge < -0.3 is 24.4 Å². The van der Waals surface area contributed by atoms with E-state index in [0.29, 0.717) is 26.1 Å². The Morgan fingerprint density at radius 1 is 1.38 bits per heavy atom. The van der Waals surface area contributed by atoms with Gasteiger partial charge in [0.05, 0.1) is 26.5 Å². The van der Waals surface area contributed by atoms with Crippen molar-refractivity contribution in [1.29, 1.82) is 0 Å². The summed E-state index contributed by atoms with van der Waals surface area (Å²) in [5.74, 6) is 1.10. The average molecular weight is 565 g/mol. The number of halogens is 3. The van der Waals surface area contributed by atoms with E-state index in [4.69, 9.17) is 14.5 Å². The first-order chi connectivity index (χ1) is 15.0. The van der Waals surface area contributed by atoms with Crippen LogP contribution in [-0.4, -0.2) is 67.1 Å². The van der Waals surface area contributed by atoms with Gasteiger partial charge in [-0.1, -0.05) is 6.07 Å². The number of benzene rings is 1. The molecule has 3 rings (SSSR count). The SMILES string of the molecule is CCNC(=NCCc1ccc(OC)c(OC(F)F)c1)N1CCOC(c2cnn(C)c2)C1.I. The van der Waals surface area contributed by atoms with E-state index in [-0.39, 0.29) is 41.6 Å². The van der Waals surface area contributed by atoms with Crippen LogP contribution in [0.5, 0.6) is 11.5 Å². The third kappa shape index (κ3) is 7.19. The van der Waals surface area contributed by atoms with Crippen LogP contribution in [0.25, 0.3) is 0 Å². The molecule has 8 nitrogen and oxygen atoms in total. The van der Waals surface area contributed by atoms with Gasteiger partial charge >= 0.3 is 6.61 Å². The second-order valence-corrected chi connectivity index (χ2v) is 7.10. The molecule has 178 valence electrons. The minimum absolute atomic E-state index is 0. The van der Waals surface area contributed by atoms with E-state index in [1.54, 1.807) is 16.8 Å². The van der Waals surface area contributed by atoms with Crippen LogP contribution in [0.15, 0.2) is 35.6 Å². The topological polar surface area (TPSA) is 73.1 Å². The zero-order valence-corrected chi connectivity index (χ0v) is 20.8. The lowest BCUT2D eigenvalue weighted by atomic mass is 10.1. The Bertz CT molecular complexity index is 881. The van der Waals surface area contributed by atoms with Crippen LogP contribution in [0.1, 0.15) is 24.2 Å². The summed E-state index contributed by atoms with van der Waals surface area (Å²) in [5.41, 5.74) is 1.87. The van der Waals surface area contributed by atoms with Crippen LogP contribution in [-0.2, 0) is 18.2 Å². The molecule has 1 aliphatic heterocycles. The number of rotatable bonds is 8. The molecule has 1 saturated heterocycles. The standard InChI is InChI=1S/C21H29F2N5O3.HI/c1-4-24-21(28-9-10-30-19(14-28)16-12-26-27(2)13-16)25-8-7-15-5-6-17(29-3)18(11-15)31-20(22)23;/h5-6,11-13,19-20H,4,7-10,14H2,1-3H3,(H,24,25);1H. The van der Waals surface area contributed by atoms with Crippen molar-refractivity contribution in [3.05, 3.63) is 41.7 Å². The van der Waals surface area contributed by atoms with E-state index in [2.05, 4.69) is 20.1 Å². The van der Waals surface area contributed by atoms with Gasteiger partial charge in [-0.25, -0.2) is 0 Å². The lowest BCUT2D eigenvalue weighted by Crippen LogP contribution is -2.48. The van der Waals surface area contributed by atoms with Crippen molar-refractivity contribution in [3.63, 3.8) is 0 Å². The van der Waals surface area contributed by atoms with Gasteiger partial charge in [0.2, 0.25) is 0 Å². The van der Waals surface area contributed by atoms with Crippen LogP contribution in [0.2, 0.25) is 0 Å². The molecule has 1 fully saturated rings. The normalized spacial score (nSPS) is 16.6. The first kappa shape index (κ1) is 26.1. The van der Waals surface area contributed by atoms with Gasteiger partial charge in [-0.05, 0) is 31.0 Å². The zero-order valence-electron chi connectivity index (χ0n) is 18.5. The van der Waals surface area contributed by atoms with Crippen LogP contribution in [0, 0.1) is 0 Å². The molecule has 2 heterocycles. The highest BCUT2D eigenvalue weighted by molar-refractivity contribution is 14.0. The van der Waals surface area contributed by atoms with Gasteiger partial charge in [0.25, 0.3) is 0 Å². The molecule has 0 spiro atoms. The lowest BCUT2D eigenvalue weighted by Gasteiger charge is -2.34. The number of aromatic nitrogens is 2. The summed E-state index contributed by atoms with van der Waals surface area (Å²) in [6.45, 7) is 2.35. The van der Waals surface area contributed by atoms with Gasteiger partial charge in [-0.2, -0.15) is 13.9 Å². The highest BCUT2D eigenvalue weighted by Gasteiger charge is 2.25. The van der Waals surface area contributed by atoms with Crippen LogP contribution >= 0.6 is 24.0 Å². The molecule has 1 N–H and O–H groups in total. The third-order valence-corrected chi connectivity index (χ3v) is 4.90. The number of hydrogen-bond donors (Lipinski definition) is 1. The van der Waals surface area contributed by atoms with E-state index < -0.39 is 6.61 Å². The molecule has 0 aliphatic carbocycles. The fraction of sp³-hybridized carbons (Fsp3) is 0.524. The molecule has 32 heavy (non-hydrogen) atoms. The largest absolute Gasteiger partial charge is 0.493 e. The van der Waals surface area contributed by atoms with Crippen molar-refractivity contribution >= 4 is 29.9 Å². The summed E-state index contributed by atoms with van der Waals surface area (Å²) < 4.78 is 42.6. The predicted octanol–water partition coefficient (Wildman–Crippen LogP) is 3.23. The molecule has 1 unspecified atom stereocenters. The van der Waals surface area contributed by atoms with Crippen molar-refractivity contribution < 1.29 is 23.0 Å². The second-order valence-electron chi connectivity index (χ2n) is 7.10. The fourth-order valence-electron chi connectivity index (χ4n) is 3.43. The van der Waals surface area contributed by atoms with Gasteiger partial charge in [-0.3, -0.25) is 9.67 Å². The molecule has 0 saturated carbocycles. The average Bonchev–Trinajstić information content (AvgIpc) is 3.19. The Morgan fingerprint density at radius 2 is 2.19 bits per heavy atom. The number of aryl methyl sites for hydroxylation is 1. The summed E-state index contributed by atoms with van der Waals surface area (Å²) in [5, 5.41) is 7.55. The lowest BCUT2D eigenvalue weighted by molar-refractivity contribution is -0.0512. The maximum atomic E-state index is 12.6. The fourth-order valence-corrected chi connectivity index (χ4v) is 3.43. The van der Waals surface area contributed by atoms with E-state index in [1.165, 1.54) is 7.11 Å². The van der Waals surface area contributed by atoms with Crippen LogP contribution in [0.4, 0.5) is 8.78 Å². The predicted molar refractivity (Wildman–Crippen MR) is 128 cm³/mol. The maximum Gasteiger partial charge on any atom is 0.387 e. The summed E-state index contributed by atoms with van der Waals surface area (Å²) >= 11 is 0. The van der Waals surface area contributed by atoms with E-state index in [0.717, 1.165) is 30.2 Å². The van der Waals surface area contributed by atoms with E-state index in [1.807, 2.05) is 32.4 Å². The number of ether oxygens (including phenoxy) is 3. The molecule has 1 aromatic heterocycles. The first-order valence-electron chi connectivity index (χ1n) is 10.2. The Balaban J connectivity index is 0.00000363. The van der Waals surface area contributed by atoms with Gasteiger partial charge in [-0.15, -0.1) is 24.0 Å². The number of methoxy groups -OCH3 is 1. The summed E-state index contributed by atoms with van der Waals surface area (Å²) in [7, 11) is 3.30. The number of guanidine groups is 1. The molecule has 0 bridgehead atoms. The minimum Gasteiger partial charge on any atom is -0.493 e. The summed E-state index contributed by atoms with van der Waals surface area (Å²) in [6, 6.07) is 5.02. The number of aliphatic imine (C=N–C) groups is 1. The Kier molecular flexibility index (Phi) is 10.4. The molecule has 2 aromatic rings. The molecule has 11 heteroatoms. The molecule has 0 amide bonds. The second kappa shape index (κ2) is 12.8. The first-order valence-corrected chi connectivity index (χ1v) is 10.2. The van der Waals surface area contributed by atoms with Crippen molar-refractivity contribution in [2.45, 2.75) is 26.1 Å². The molecule has 1 aliphatic rings. The summed E-state index contributed by atoms with van der Waals surface area (Å²) in [6.07, 6.45) is 4.29. The highest BCUT2D eigenvalue weighted by atomic mass is 127. The van der Waals surface area contributed by atoms with E-state index in [9.17, 15) is 8.78 Å². The molecule has 0 radical (unpaired) electrons. The van der Waals surface area contributed by atoms with Crippen LogP contribution in [0.3, 0.4) is 0 Å². The van der Waals surface area contributed by atoms with E-state index >= 15 is 0 Å². The van der Waals surface area contributed by atoms with Crippen molar-refractivity contribution in [2.24, 2.45) is 12.0 Å². The van der Waals surface area contributed by atoms with Gasteiger partial charge in [0.15, 0.2) is 17.5 Å².